The van der Waals surface area contributed by atoms with E-state index in [4.69, 9.17) is 4.74 Å². The van der Waals surface area contributed by atoms with Gasteiger partial charge in [0.1, 0.15) is 0 Å². The second kappa shape index (κ2) is 5.54. The van der Waals surface area contributed by atoms with Crippen LogP contribution in [-0.4, -0.2) is 42.3 Å². The maximum Gasteiger partial charge on any atom is 0.310 e. The van der Waals surface area contributed by atoms with E-state index in [9.17, 15) is 9.90 Å². The third-order valence-electron chi connectivity index (χ3n) is 4.37. The monoisotopic (exact) mass is 275 g/mol. The first-order chi connectivity index (χ1) is 9.65. The van der Waals surface area contributed by atoms with Crippen LogP contribution in [0.15, 0.2) is 24.3 Å². The number of hydrogen-bond donors (Lipinski definition) is 1. The van der Waals surface area contributed by atoms with Crippen molar-refractivity contribution in [3.05, 3.63) is 35.4 Å². The largest absolute Gasteiger partial charge is 0.481 e. The Bertz CT molecular complexity index is 498. The summed E-state index contributed by atoms with van der Waals surface area (Å²) in [4.78, 5) is 13.3. The molecule has 1 saturated carbocycles. The lowest BCUT2D eigenvalue weighted by atomic mass is 10.0. The van der Waals surface area contributed by atoms with E-state index in [0.29, 0.717) is 13.2 Å². The van der Waals surface area contributed by atoms with Gasteiger partial charge in [0.05, 0.1) is 19.1 Å². The fourth-order valence-electron chi connectivity index (χ4n) is 2.98. The van der Waals surface area contributed by atoms with Crippen LogP contribution in [-0.2, 0) is 16.1 Å². The summed E-state index contributed by atoms with van der Waals surface area (Å²) < 4.78 is 5.34. The predicted molar refractivity (Wildman–Crippen MR) is 75.6 cm³/mol. The van der Waals surface area contributed by atoms with Gasteiger partial charge in [-0.1, -0.05) is 24.3 Å². The number of hydrogen-bond acceptors (Lipinski definition) is 3. The van der Waals surface area contributed by atoms with E-state index in [1.54, 1.807) is 0 Å². The summed E-state index contributed by atoms with van der Waals surface area (Å²) >= 11 is 0. The summed E-state index contributed by atoms with van der Waals surface area (Å²) in [5, 5.41) is 9.22. The Hall–Kier alpha value is -1.39. The summed E-state index contributed by atoms with van der Waals surface area (Å²) in [5.41, 5.74) is 2.68. The van der Waals surface area contributed by atoms with Gasteiger partial charge in [-0.25, -0.2) is 0 Å². The van der Waals surface area contributed by atoms with Gasteiger partial charge in [-0.05, 0) is 36.9 Å². The Labute approximate surface area is 119 Å². The lowest BCUT2D eigenvalue weighted by molar-refractivity contribution is -0.143. The molecule has 108 valence electrons. The number of ether oxygens (including phenoxy) is 1. The van der Waals surface area contributed by atoms with Gasteiger partial charge in [0.15, 0.2) is 0 Å². The molecule has 1 aromatic carbocycles. The number of carbonyl (C=O) groups is 1. The van der Waals surface area contributed by atoms with Crippen LogP contribution < -0.4 is 0 Å². The van der Waals surface area contributed by atoms with Gasteiger partial charge in [0, 0.05) is 12.6 Å². The topological polar surface area (TPSA) is 49.8 Å². The maximum atomic E-state index is 11.2. The molecule has 0 amide bonds. The first-order valence-electron chi connectivity index (χ1n) is 7.25. The molecule has 4 nitrogen and oxygen atoms in total. The SMILES string of the molecule is CN(Cc1cccc(C2CC2)c1)C1COCC1C(=O)O. The molecule has 2 fully saturated rings. The molecule has 1 aliphatic carbocycles. The van der Waals surface area contributed by atoms with Crippen LogP contribution in [0, 0.1) is 5.92 Å². The van der Waals surface area contributed by atoms with Crippen LogP contribution in [0.3, 0.4) is 0 Å². The number of benzene rings is 1. The lowest BCUT2D eigenvalue weighted by Gasteiger charge is -2.26. The molecule has 2 atom stereocenters. The Kier molecular flexibility index (Phi) is 3.76. The lowest BCUT2D eigenvalue weighted by Crippen LogP contribution is -2.40. The fourth-order valence-corrected chi connectivity index (χ4v) is 2.98. The Morgan fingerprint density at radius 1 is 1.40 bits per heavy atom. The van der Waals surface area contributed by atoms with Crippen LogP contribution in [0.2, 0.25) is 0 Å². The highest BCUT2D eigenvalue weighted by atomic mass is 16.5. The zero-order valence-corrected chi connectivity index (χ0v) is 11.8. The second-order valence-electron chi connectivity index (χ2n) is 5.98. The van der Waals surface area contributed by atoms with Gasteiger partial charge in [0.2, 0.25) is 0 Å². The molecule has 1 N–H and O–H groups in total. The fraction of sp³-hybridized carbons (Fsp3) is 0.562. The van der Waals surface area contributed by atoms with Gasteiger partial charge in [0.25, 0.3) is 0 Å². The minimum Gasteiger partial charge on any atom is -0.481 e. The van der Waals surface area contributed by atoms with E-state index < -0.39 is 11.9 Å². The zero-order chi connectivity index (χ0) is 14.1. The highest BCUT2D eigenvalue weighted by Gasteiger charge is 2.36. The van der Waals surface area contributed by atoms with Crippen molar-refractivity contribution in [2.45, 2.75) is 31.3 Å². The van der Waals surface area contributed by atoms with Gasteiger partial charge >= 0.3 is 5.97 Å². The van der Waals surface area contributed by atoms with E-state index in [1.165, 1.54) is 24.0 Å². The van der Waals surface area contributed by atoms with Crippen LogP contribution in [0.4, 0.5) is 0 Å². The minimum atomic E-state index is -0.758. The molecule has 0 radical (unpaired) electrons. The molecule has 0 spiro atoms. The molecule has 4 heteroatoms. The third kappa shape index (κ3) is 2.86. The molecule has 1 aliphatic heterocycles. The summed E-state index contributed by atoms with van der Waals surface area (Å²) in [5.74, 6) is -0.417. The normalized spacial score (nSPS) is 26.1. The van der Waals surface area contributed by atoms with E-state index in [2.05, 4.69) is 29.2 Å². The second-order valence-corrected chi connectivity index (χ2v) is 5.98. The highest BCUT2D eigenvalue weighted by Crippen LogP contribution is 2.40. The number of rotatable bonds is 5. The summed E-state index contributed by atoms with van der Waals surface area (Å²) in [6.07, 6.45) is 2.60. The molecule has 2 aliphatic rings. The average Bonchev–Trinajstić information content (AvgIpc) is 3.15. The van der Waals surface area contributed by atoms with Crippen LogP contribution in [0.1, 0.15) is 29.9 Å². The van der Waals surface area contributed by atoms with Crippen molar-refractivity contribution in [3.63, 3.8) is 0 Å². The van der Waals surface area contributed by atoms with E-state index in [0.717, 1.165) is 12.5 Å². The van der Waals surface area contributed by atoms with E-state index >= 15 is 0 Å². The van der Waals surface area contributed by atoms with Gasteiger partial charge in [-0.15, -0.1) is 0 Å². The molecule has 3 rings (SSSR count). The van der Waals surface area contributed by atoms with Crippen LogP contribution >= 0.6 is 0 Å². The average molecular weight is 275 g/mol. The van der Waals surface area contributed by atoms with Crippen molar-refractivity contribution >= 4 is 5.97 Å². The summed E-state index contributed by atoms with van der Waals surface area (Å²) in [6, 6.07) is 8.65. The maximum absolute atomic E-state index is 11.2. The number of nitrogens with zero attached hydrogens (tertiary/aromatic N) is 1. The highest BCUT2D eigenvalue weighted by molar-refractivity contribution is 5.71. The number of likely N-dealkylation sites (N-methyl/N-ethyl adjacent to an activating group) is 1. The molecule has 20 heavy (non-hydrogen) atoms. The van der Waals surface area contributed by atoms with Crippen molar-refractivity contribution in [2.24, 2.45) is 5.92 Å². The third-order valence-corrected chi connectivity index (χ3v) is 4.37. The molecular weight excluding hydrogens is 254 g/mol. The molecular formula is C16H21NO3. The molecule has 1 heterocycles. The predicted octanol–water partition coefficient (Wildman–Crippen LogP) is 2.10. The quantitative estimate of drug-likeness (QED) is 0.894. The first kappa shape index (κ1) is 13.6. The van der Waals surface area contributed by atoms with Gasteiger partial charge in [-0.3, -0.25) is 9.69 Å². The van der Waals surface area contributed by atoms with Crippen molar-refractivity contribution < 1.29 is 14.6 Å². The van der Waals surface area contributed by atoms with Gasteiger partial charge in [-0.2, -0.15) is 0 Å². The smallest absolute Gasteiger partial charge is 0.310 e. The first-order valence-corrected chi connectivity index (χ1v) is 7.25. The Morgan fingerprint density at radius 3 is 2.90 bits per heavy atom. The van der Waals surface area contributed by atoms with E-state index in [-0.39, 0.29) is 6.04 Å². The molecule has 1 aromatic rings. The van der Waals surface area contributed by atoms with Gasteiger partial charge < -0.3 is 9.84 Å². The number of aliphatic carboxylic acids is 1. The van der Waals surface area contributed by atoms with Crippen molar-refractivity contribution in [3.8, 4) is 0 Å². The van der Waals surface area contributed by atoms with Crippen LogP contribution in [0.25, 0.3) is 0 Å². The molecule has 1 saturated heterocycles. The van der Waals surface area contributed by atoms with Crippen molar-refractivity contribution in [1.29, 1.82) is 0 Å². The number of carboxylic acid groups (broad SMARTS) is 1. The van der Waals surface area contributed by atoms with Crippen molar-refractivity contribution in [2.75, 3.05) is 20.3 Å². The standard InChI is InChI=1S/C16H21NO3/c1-17(15-10-20-9-14(15)16(18)19)8-11-3-2-4-13(7-11)12-5-6-12/h2-4,7,12,14-15H,5-6,8-10H2,1H3,(H,18,19). The molecule has 0 bridgehead atoms. The number of carboxylic acids is 1. The molecule has 2 unspecified atom stereocenters. The summed E-state index contributed by atoms with van der Waals surface area (Å²) in [7, 11) is 1.99. The van der Waals surface area contributed by atoms with Crippen LogP contribution in [0.5, 0.6) is 0 Å². The summed E-state index contributed by atoms with van der Waals surface area (Å²) in [6.45, 7) is 1.61. The van der Waals surface area contributed by atoms with Crippen molar-refractivity contribution in [1.82, 2.24) is 4.90 Å². The minimum absolute atomic E-state index is 0.0305. The Morgan fingerprint density at radius 2 is 2.20 bits per heavy atom. The van der Waals surface area contributed by atoms with E-state index in [1.807, 2.05) is 7.05 Å². The zero-order valence-electron chi connectivity index (χ0n) is 11.8. The molecule has 0 aromatic heterocycles. The Balaban J connectivity index is 1.67.